The van der Waals surface area contributed by atoms with E-state index in [0.29, 0.717) is 16.1 Å². The Bertz CT molecular complexity index is 603. The summed E-state index contributed by atoms with van der Waals surface area (Å²) in [5.74, 6) is 0. The summed E-state index contributed by atoms with van der Waals surface area (Å²) in [6.45, 7) is 1.52. The molecule has 1 N–H and O–H groups in total. The highest BCUT2D eigenvalue weighted by atomic mass is 35.5. The SMILES string of the molecule is CC(O)(c1ccc(C(F)(F)F)cc1)c1cccc(Cl)c1. The predicted molar refractivity (Wildman–Crippen MR) is 71.6 cm³/mol. The molecule has 0 radical (unpaired) electrons. The molecule has 0 saturated heterocycles. The zero-order valence-corrected chi connectivity index (χ0v) is 11.3. The van der Waals surface area contributed by atoms with Crippen LogP contribution in [-0.2, 0) is 11.8 Å². The van der Waals surface area contributed by atoms with Crippen LogP contribution in [0.5, 0.6) is 0 Å². The second kappa shape index (κ2) is 5.11. The molecular weight excluding hydrogens is 289 g/mol. The van der Waals surface area contributed by atoms with Gasteiger partial charge < -0.3 is 5.11 Å². The van der Waals surface area contributed by atoms with Crippen LogP contribution in [-0.4, -0.2) is 5.11 Å². The summed E-state index contributed by atoms with van der Waals surface area (Å²) in [5, 5.41) is 11.0. The molecule has 1 atom stereocenters. The first kappa shape index (κ1) is 14.9. The Morgan fingerprint density at radius 1 is 0.900 bits per heavy atom. The highest BCUT2D eigenvalue weighted by Gasteiger charge is 2.32. The minimum absolute atomic E-state index is 0.368. The van der Waals surface area contributed by atoms with E-state index >= 15 is 0 Å². The minimum atomic E-state index is -4.39. The van der Waals surface area contributed by atoms with Crippen molar-refractivity contribution in [3.63, 3.8) is 0 Å². The van der Waals surface area contributed by atoms with E-state index in [4.69, 9.17) is 11.6 Å². The van der Waals surface area contributed by atoms with Gasteiger partial charge in [-0.15, -0.1) is 0 Å². The summed E-state index contributed by atoms with van der Waals surface area (Å²) in [5.41, 5.74) is -1.27. The van der Waals surface area contributed by atoms with E-state index in [2.05, 4.69) is 0 Å². The number of aliphatic hydroxyl groups is 1. The number of hydrogen-bond acceptors (Lipinski definition) is 1. The molecule has 2 aromatic carbocycles. The number of hydrogen-bond donors (Lipinski definition) is 1. The maximum Gasteiger partial charge on any atom is 0.416 e. The molecule has 1 nitrogen and oxygen atoms in total. The van der Waals surface area contributed by atoms with E-state index in [9.17, 15) is 18.3 Å². The van der Waals surface area contributed by atoms with Gasteiger partial charge in [0, 0.05) is 5.02 Å². The monoisotopic (exact) mass is 300 g/mol. The van der Waals surface area contributed by atoms with Gasteiger partial charge in [0.25, 0.3) is 0 Å². The average molecular weight is 301 g/mol. The summed E-state index contributed by atoms with van der Waals surface area (Å²) in [6.07, 6.45) is -4.39. The van der Waals surface area contributed by atoms with Crippen LogP contribution in [0.25, 0.3) is 0 Å². The number of benzene rings is 2. The lowest BCUT2D eigenvalue weighted by Gasteiger charge is -2.25. The van der Waals surface area contributed by atoms with Crippen LogP contribution in [0.3, 0.4) is 0 Å². The first-order valence-electron chi connectivity index (χ1n) is 5.87. The van der Waals surface area contributed by atoms with Crippen molar-refractivity contribution in [2.24, 2.45) is 0 Å². The molecule has 1 unspecified atom stereocenters. The first-order valence-corrected chi connectivity index (χ1v) is 6.25. The zero-order chi connectivity index (χ0) is 15.0. The molecule has 0 heterocycles. The fourth-order valence-electron chi connectivity index (χ4n) is 1.94. The van der Waals surface area contributed by atoms with E-state index in [1.165, 1.54) is 19.1 Å². The Hall–Kier alpha value is -1.52. The molecule has 0 amide bonds. The van der Waals surface area contributed by atoms with Crippen LogP contribution in [0.2, 0.25) is 5.02 Å². The lowest BCUT2D eigenvalue weighted by molar-refractivity contribution is -0.137. The van der Waals surface area contributed by atoms with Gasteiger partial charge in [-0.05, 0) is 42.3 Å². The predicted octanol–water partition coefficient (Wildman–Crippen LogP) is 4.61. The highest BCUT2D eigenvalue weighted by molar-refractivity contribution is 6.30. The van der Waals surface area contributed by atoms with Crippen LogP contribution in [0, 0.1) is 0 Å². The highest BCUT2D eigenvalue weighted by Crippen LogP contribution is 2.34. The van der Waals surface area contributed by atoms with E-state index in [0.717, 1.165) is 12.1 Å². The number of alkyl halides is 3. The molecule has 20 heavy (non-hydrogen) atoms. The quantitative estimate of drug-likeness (QED) is 0.858. The van der Waals surface area contributed by atoms with Gasteiger partial charge in [-0.2, -0.15) is 13.2 Å². The maximum absolute atomic E-state index is 12.5. The van der Waals surface area contributed by atoms with Gasteiger partial charge in [-0.3, -0.25) is 0 Å². The fourth-order valence-corrected chi connectivity index (χ4v) is 2.13. The summed E-state index contributed by atoms with van der Waals surface area (Å²) in [6, 6.07) is 11.0. The van der Waals surface area contributed by atoms with Gasteiger partial charge in [0.1, 0.15) is 5.60 Å². The third-order valence-electron chi connectivity index (χ3n) is 3.16. The van der Waals surface area contributed by atoms with Gasteiger partial charge in [0.05, 0.1) is 5.56 Å². The molecule has 0 saturated carbocycles. The number of halogens is 4. The molecule has 0 bridgehead atoms. The third-order valence-corrected chi connectivity index (χ3v) is 3.40. The van der Waals surface area contributed by atoms with Crippen molar-refractivity contribution in [1.29, 1.82) is 0 Å². The smallest absolute Gasteiger partial charge is 0.381 e. The molecule has 0 aliphatic rings. The summed E-state index contributed by atoms with van der Waals surface area (Å²) >= 11 is 5.86. The Kier molecular flexibility index (Phi) is 3.80. The Morgan fingerprint density at radius 2 is 1.45 bits per heavy atom. The molecular formula is C15H12ClF3O. The molecule has 0 spiro atoms. The van der Waals surface area contributed by atoms with E-state index < -0.39 is 17.3 Å². The van der Waals surface area contributed by atoms with Crippen LogP contribution < -0.4 is 0 Å². The molecule has 0 aliphatic carbocycles. The van der Waals surface area contributed by atoms with E-state index in [-0.39, 0.29) is 0 Å². The second-order valence-corrected chi connectivity index (χ2v) is 5.09. The summed E-state index contributed by atoms with van der Waals surface area (Å²) in [7, 11) is 0. The molecule has 0 fully saturated rings. The summed E-state index contributed by atoms with van der Waals surface area (Å²) in [4.78, 5) is 0. The van der Waals surface area contributed by atoms with Crippen LogP contribution in [0.1, 0.15) is 23.6 Å². The Balaban J connectivity index is 2.39. The number of rotatable bonds is 2. The second-order valence-electron chi connectivity index (χ2n) is 4.66. The van der Waals surface area contributed by atoms with Crippen LogP contribution in [0.4, 0.5) is 13.2 Å². The van der Waals surface area contributed by atoms with Crippen molar-refractivity contribution in [3.05, 3.63) is 70.2 Å². The normalized spacial score (nSPS) is 14.9. The Morgan fingerprint density at radius 3 is 1.95 bits per heavy atom. The molecule has 106 valence electrons. The Labute approximate surface area is 119 Å². The average Bonchev–Trinajstić information content (AvgIpc) is 2.38. The van der Waals surface area contributed by atoms with Crippen LogP contribution in [0.15, 0.2) is 48.5 Å². The maximum atomic E-state index is 12.5. The van der Waals surface area contributed by atoms with E-state index in [1.807, 2.05) is 0 Å². The molecule has 2 aromatic rings. The summed E-state index contributed by atoms with van der Waals surface area (Å²) < 4.78 is 37.5. The topological polar surface area (TPSA) is 20.2 Å². The third kappa shape index (κ3) is 2.97. The van der Waals surface area contributed by atoms with Crippen LogP contribution >= 0.6 is 11.6 Å². The molecule has 0 aromatic heterocycles. The molecule has 0 aliphatic heterocycles. The van der Waals surface area contributed by atoms with Crippen molar-refractivity contribution in [3.8, 4) is 0 Å². The van der Waals surface area contributed by atoms with Gasteiger partial charge >= 0.3 is 6.18 Å². The van der Waals surface area contributed by atoms with Crippen molar-refractivity contribution in [1.82, 2.24) is 0 Å². The van der Waals surface area contributed by atoms with Crippen molar-refractivity contribution < 1.29 is 18.3 Å². The largest absolute Gasteiger partial charge is 0.416 e. The standard InChI is InChI=1S/C15H12ClF3O/c1-14(20,12-3-2-4-13(16)9-12)10-5-7-11(8-6-10)15(17,18)19/h2-9,20H,1H3. The lowest BCUT2D eigenvalue weighted by Crippen LogP contribution is -2.23. The van der Waals surface area contributed by atoms with Crippen molar-refractivity contribution in [2.75, 3.05) is 0 Å². The molecule has 2 rings (SSSR count). The van der Waals surface area contributed by atoms with Gasteiger partial charge in [-0.25, -0.2) is 0 Å². The van der Waals surface area contributed by atoms with E-state index in [1.54, 1.807) is 24.3 Å². The minimum Gasteiger partial charge on any atom is -0.381 e. The van der Waals surface area contributed by atoms with Crippen molar-refractivity contribution >= 4 is 11.6 Å². The zero-order valence-electron chi connectivity index (χ0n) is 10.6. The van der Waals surface area contributed by atoms with Crippen molar-refractivity contribution in [2.45, 2.75) is 18.7 Å². The first-order chi connectivity index (χ1) is 9.21. The van der Waals surface area contributed by atoms with Gasteiger partial charge in [0.2, 0.25) is 0 Å². The van der Waals surface area contributed by atoms with Gasteiger partial charge in [0.15, 0.2) is 0 Å². The molecule has 5 heteroatoms. The van der Waals surface area contributed by atoms with Gasteiger partial charge in [-0.1, -0.05) is 35.9 Å². The lowest BCUT2D eigenvalue weighted by atomic mass is 9.88. The fraction of sp³-hybridized carbons (Fsp3) is 0.200.